The van der Waals surface area contributed by atoms with Gasteiger partial charge in [-0.2, -0.15) is 0 Å². The van der Waals surface area contributed by atoms with Crippen LogP contribution in [0.25, 0.3) is 0 Å². The Labute approximate surface area is 205 Å². The van der Waals surface area contributed by atoms with E-state index >= 15 is 0 Å². The SMILES string of the molecule is CNC(=O)c1cc(Cl)ncc1NC(=O)C1(c2ccccc2C(C)C)CN(c2nn(C)c(=O)s2)C1. The number of carbonyl (C=O) groups excluding carboxylic acids is 2. The zero-order valence-electron chi connectivity index (χ0n) is 19.3. The van der Waals surface area contributed by atoms with Gasteiger partial charge in [-0.25, -0.2) is 9.67 Å². The van der Waals surface area contributed by atoms with Crippen LogP contribution in [0.3, 0.4) is 0 Å². The van der Waals surface area contributed by atoms with Crippen molar-refractivity contribution in [1.29, 1.82) is 0 Å². The minimum atomic E-state index is -0.909. The van der Waals surface area contributed by atoms with Crippen molar-refractivity contribution in [3.8, 4) is 0 Å². The highest BCUT2D eigenvalue weighted by molar-refractivity contribution is 7.13. The molecule has 0 aliphatic carbocycles. The van der Waals surface area contributed by atoms with Crippen molar-refractivity contribution in [1.82, 2.24) is 20.1 Å². The zero-order valence-corrected chi connectivity index (χ0v) is 20.8. The second-order valence-electron chi connectivity index (χ2n) is 8.54. The molecule has 0 spiro atoms. The largest absolute Gasteiger partial charge is 0.355 e. The number of hydrogen-bond donors (Lipinski definition) is 2. The number of amides is 2. The Bertz CT molecular complexity index is 1310. The van der Waals surface area contributed by atoms with E-state index in [1.165, 1.54) is 24.0 Å². The van der Waals surface area contributed by atoms with E-state index in [-0.39, 0.29) is 39.0 Å². The minimum absolute atomic E-state index is 0.149. The first-order valence-corrected chi connectivity index (χ1v) is 11.9. The van der Waals surface area contributed by atoms with E-state index in [9.17, 15) is 14.4 Å². The fourth-order valence-electron chi connectivity index (χ4n) is 4.17. The Morgan fingerprint density at radius 1 is 1.24 bits per heavy atom. The van der Waals surface area contributed by atoms with Crippen LogP contribution >= 0.6 is 22.9 Å². The lowest BCUT2D eigenvalue weighted by molar-refractivity contribution is -0.122. The van der Waals surface area contributed by atoms with Gasteiger partial charge in [-0.15, -0.1) is 5.10 Å². The molecule has 1 aliphatic heterocycles. The number of aromatic nitrogens is 3. The fraction of sp³-hybridized carbons (Fsp3) is 0.348. The maximum atomic E-state index is 13.9. The van der Waals surface area contributed by atoms with E-state index in [1.807, 2.05) is 29.2 Å². The molecule has 3 heterocycles. The molecular weight excluding hydrogens is 476 g/mol. The number of nitrogens with one attached hydrogen (secondary N) is 2. The highest BCUT2D eigenvalue weighted by Crippen LogP contribution is 2.42. The molecule has 0 radical (unpaired) electrons. The number of carbonyl (C=O) groups is 2. The monoisotopic (exact) mass is 500 g/mol. The summed E-state index contributed by atoms with van der Waals surface area (Å²) in [5.41, 5.74) is 1.56. The van der Waals surface area contributed by atoms with Crippen molar-refractivity contribution in [3.63, 3.8) is 0 Å². The second-order valence-corrected chi connectivity index (χ2v) is 9.85. The molecule has 0 saturated carbocycles. The predicted molar refractivity (Wildman–Crippen MR) is 133 cm³/mol. The van der Waals surface area contributed by atoms with E-state index < -0.39 is 5.41 Å². The molecule has 1 aromatic carbocycles. The van der Waals surface area contributed by atoms with Crippen LogP contribution in [-0.4, -0.2) is 46.7 Å². The van der Waals surface area contributed by atoms with Crippen LogP contribution < -0.4 is 20.4 Å². The molecule has 2 amide bonds. The van der Waals surface area contributed by atoms with Crippen molar-refractivity contribution < 1.29 is 9.59 Å². The summed E-state index contributed by atoms with van der Waals surface area (Å²) in [6.45, 7) is 4.84. The molecule has 2 N–H and O–H groups in total. The normalized spacial score (nSPS) is 14.6. The smallest absolute Gasteiger partial charge is 0.326 e. The molecule has 34 heavy (non-hydrogen) atoms. The Balaban J connectivity index is 1.74. The minimum Gasteiger partial charge on any atom is -0.355 e. The summed E-state index contributed by atoms with van der Waals surface area (Å²) in [4.78, 5) is 44.0. The number of aryl methyl sites for hydroxylation is 1. The third kappa shape index (κ3) is 4.19. The third-order valence-corrected chi connectivity index (χ3v) is 7.16. The van der Waals surface area contributed by atoms with Gasteiger partial charge in [0.1, 0.15) is 10.6 Å². The number of pyridine rings is 1. The number of benzene rings is 1. The topological polar surface area (TPSA) is 109 Å². The number of hydrogen-bond acceptors (Lipinski definition) is 7. The van der Waals surface area contributed by atoms with Gasteiger partial charge in [0.05, 0.1) is 17.4 Å². The predicted octanol–water partition coefficient (Wildman–Crippen LogP) is 2.77. The molecule has 1 aliphatic rings. The molecule has 1 saturated heterocycles. The van der Waals surface area contributed by atoms with Gasteiger partial charge in [-0.1, -0.05) is 49.7 Å². The zero-order chi connectivity index (χ0) is 24.6. The first-order chi connectivity index (χ1) is 16.2. The van der Waals surface area contributed by atoms with E-state index in [0.717, 1.165) is 22.5 Å². The van der Waals surface area contributed by atoms with Gasteiger partial charge >= 0.3 is 4.87 Å². The van der Waals surface area contributed by atoms with Gasteiger partial charge in [0.2, 0.25) is 11.0 Å². The molecular formula is C23H25ClN6O3S. The molecule has 178 valence electrons. The maximum absolute atomic E-state index is 13.9. The van der Waals surface area contributed by atoms with E-state index in [1.54, 1.807) is 7.05 Å². The maximum Gasteiger partial charge on any atom is 0.326 e. The van der Waals surface area contributed by atoms with Crippen LogP contribution in [0.2, 0.25) is 5.15 Å². The van der Waals surface area contributed by atoms with Crippen molar-refractivity contribution >= 4 is 45.6 Å². The lowest BCUT2D eigenvalue weighted by Crippen LogP contribution is -2.65. The Kier molecular flexibility index (Phi) is 6.46. The van der Waals surface area contributed by atoms with Gasteiger partial charge in [0, 0.05) is 27.2 Å². The van der Waals surface area contributed by atoms with Crippen LogP contribution in [-0.2, 0) is 17.3 Å². The van der Waals surface area contributed by atoms with Gasteiger partial charge in [-0.05, 0) is 34.4 Å². The molecule has 3 aromatic rings. The van der Waals surface area contributed by atoms with E-state index in [2.05, 4.69) is 34.6 Å². The highest BCUT2D eigenvalue weighted by Gasteiger charge is 2.53. The van der Waals surface area contributed by atoms with Gasteiger partial charge in [-0.3, -0.25) is 14.4 Å². The van der Waals surface area contributed by atoms with Crippen molar-refractivity contribution in [2.75, 3.05) is 30.4 Å². The molecule has 1 fully saturated rings. The van der Waals surface area contributed by atoms with Crippen LogP contribution in [0.5, 0.6) is 0 Å². The number of rotatable bonds is 6. The van der Waals surface area contributed by atoms with E-state index in [4.69, 9.17) is 11.6 Å². The average Bonchev–Trinajstić information content (AvgIpc) is 3.11. The Hall–Kier alpha value is -3.24. The molecule has 9 nitrogen and oxygen atoms in total. The van der Waals surface area contributed by atoms with Crippen LogP contribution in [0, 0.1) is 0 Å². The lowest BCUT2D eigenvalue weighted by Gasteiger charge is -2.49. The molecule has 0 bridgehead atoms. The lowest BCUT2D eigenvalue weighted by atomic mass is 9.70. The van der Waals surface area contributed by atoms with Crippen LogP contribution in [0.15, 0.2) is 41.3 Å². The summed E-state index contributed by atoms with van der Waals surface area (Å²) in [5.74, 6) is -0.460. The summed E-state index contributed by atoms with van der Waals surface area (Å²) in [7, 11) is 3.11. The summed E-state index contributed by atoms with van der Waals surface area (Å²) in [5, 5.41) is 10.5. The standard InChI is InChI=1S/C23H25ClN6O3S/c1-13(2)14-7-5-6-8-16(14)23(11-30(12-23)21-28-29(4)22(33)34-21)20(32)27-17-10-26-18(24)9-15(17)19(31)25-3/h5-10,13H,11-12H2,1-4H3,(H,25,31)(H,27,32). The summed E-state index contributed by atoms with van der Waals surface area (Å²) in [6.07, 6.45) is 1.38. The second kappa shape index (κ2) is 9.19. The van der Waals surface area contributed by atoms with Gasteiger partial charge < -0.3 is 15.5 Å². The van der Waals surface area contributed by atoms with Crippen molar-refractivity contribution in [2.24, 2.45) is 7.05 Å². The highest BCUT2D eigenvalue weighted by atomic mass is 35.5. The number of halogens is 1. The van der Waals surface area contributed by atoms with Gasteiger partial charge in [0.25, 0.3) is 5.91 Å². The number of nitrogens with zero attached hydrogens (tertiary/aromatic N) is 4. The molecule has 2 aromatic heterocycles. The Morgan fingerprint density at radius 3 is 2.56 bits per heavy atom. The third-order valence-electron chi connectivity index (χ3n) is 5.99. The number of anilines is 2. The molecule has 4 rings (SSSR count). The quantitative estimate of drug-likeness (QED) is 0.504. The fourth-order valence-corrected chi connectivity index (χ4v) is 5.08. The summed E-state index contributed by atoms with van der Waals surface area (Å²) < 4.78 is 1.29. The Morgan fingerprint density at radius 2 is 1.94 bits per heavy atom. The van der Waals surface area contributed by atoms with Crippen LogP contribution in [0.1, 0.15) is 41.3 Å². The van der Waals surface area contributed by atoms with E-state index in [0.29, 0.717) is 18.2 Å². The average molecular weight is 501 g/mol. The summed E-state index contributed by atoms with van der Waals surface area (Å²) in [6, 6.07) is 9.28. The van der Waals surface area contributed by atoms with Crippen LogP contribution in [0.4, 0.5) is 10.8 Å². The van der Waals surface area contributed by atoms with Gasteiger partial charge in [0.15, 0.2) is 0 Å². The summed E-state index contributed by atoms with van der Waals surface area (Å²) >= 11 is 7.04. The molecule has 0 unspecified atom stereocenters. The van der Waals surface area contributed by atoms with Crippen molar-refractivity contribution in [2.45, 2.75) is 25.2 Å². The first kappa shape index (κ1) is 23.9. The molecule has 0 atom stereocenters. The molecule has 11 heteroatoms. The van der Waals surface area contributed by atoms with Crippen molar-refractivity contribution in [3.05, 3.63) is 68.0 Å². The first-order valence-electron chi connectivity index (χ1n) is 10.7.